The van der Waals surface area contributed by atoms with E-state index < -0.39 is 0 Å². The van der Waals surface area contributed by atoms with Gasteiger partial charge in [-0.05, 0) is 49.6 Å². The largest absolute Gasteiger partial charge is 0.351 e. The van der Waals surface area contributed by atoms with Crippen molar-refractivity contribution in [1.29, 1.82) is 0 Å². The lowest BCUT2D eigenvalue weighted by Crippen LogP contribution is -2.39. The zero-order valence-corrected chi connectivity index (χ0v) is 14.1. The van der Waals surface area contributed by atoms with Crippen molar-refractivity contribution >= 4 is 17.5 Å². The number of rotatable bonds is 4. The topological polar surface area (TPSA) is 42.0 Å². The van der Waals surface area contributed by atoms with Crippen LogP contribution in [0.2, 0.25) is 5.02 Å². The molecule has 1 fully saturated rings. The smallest absolute Gasteiger partial charge is 0.252 e. The molecule has 1 aromatic heterocycles. The van der Waals surface area contributed by atoms with Gasteiger partial charge < -0.3 is 5.32 Å². The highest BCUT2D eigenvalue weighted by atomic mass is 35.5. The Morgan fingerprint density at radius 3 is 2.48 bits per heavy atom. The van der Waals surface area contributed by atoms with E-state index in [-0.39, 0.29) is 11.3 Å². The first kappa shape index (κ1) is 16.0. The molecule has 0 unspecified atom stereocenters. The lowest BCUT2D eigenvalue weighted by atomic mass is 9.79. The summed E-state index contributed by atoms with van der Waals surface area (Å²) in [7, 11) is 0. The van der Waals surface area contributed by atoms with Crippen LogP contribution in [0.25, 0.3) is 0 Å². The summed E-state index contributed by atoms with van der Waals surface area (Å²) in [4.78, 5) is 16.6. The van der Waals surface area contributed by atoms with Crippen LogP contribution in [0.15, 0.2) is 42.6 Å². The third-order valence-corrected chi connectivity index (χ3v) is 5.03. The van der Waals surface area contributed by atoms with Gasteiger partial charge >= 0.3 is 0 Å². The molecule has 120 valence electrons. The fourth-order valence-corrected chi connectivity index (χ4v) is 3.50. The molecule has 1 aromatic carbocycles. The number of carbonyl (C=O) groups is 1. The Morgan fingerprint density at radius 1 is 1.17 bits per heavy atom. The number of hydrogen-bond donors (Lipinski definition) is 1. The minimum absolute atomic E-state index is 0.0262. The lowest BCUT2D eigenvalue weighted by molar-refractivity contribution is 0.0942. The number of nitrogens with one attached hydrogen (secondary N) is 1. The van der Waals surface area contributed by atoms with E-state index in [1.54, 1.807) is 6.20 Å². The Labute approximate surface area is 142 Å². The van der Waals surface area contributed by atoms with Crippen molar-refractivity contribution in [3.63, 3.8) is 0 Å². The van der Waals surface area contributed by atoms with E-state index in [1.165, 1.54) is 18.4 Å². The second-order valence-electron chi connectivity index (χ2n) is 6.37. The zero-order valence-electron chi connectivity index (χ0n) is 13.3. The summed E-state index contributed by atoms with van der Waals surface area (Å²) < 4.78 is 0. The van der Waals surface area contributed by atoms with Crippen molar-refractivity contribution in [3.05, 3.63) is 64.4 Å². The highest BCUT2D eigenvalue weighted by molar-refractivity contribution is 6.30. The van der Waals surface area contributed by atoms with Gasteiger partial charge in [0, 0.05) is 28.9 Å². The van der Waals surface area contributed by atoms with Crippen LogP contribution in [-0.4, -0.2) is 17.4 Å². The number of aryl methyl sites for hydroxylation is 1. The number of benzene rings is 1. The van der Waals surface area contributed by atoms with Crippen LogP contribution >= 0.6 is 11.6 Å². The molecule has 0 bridgehead atoms. The summed E-state index contributed by atoms with van der Waals surface area (Å²) >= 11 is 6.01. The fourth-order valence-electron chi connectivity index (χ4n) is 3.38. The Balaban J connectivity index is 1.74. The predicted molar refractivity (Wildman–Crippen MR) is 92.9 cm³/mol. The van der Waals surface area contributed by atoms with E-state index in [4.69, 9.17) is 11.6 Å². The summed E-state index contributed by atoms with van der Waals surface area (Å²) in [6, 6.07) is 11.7. The molecule has 0 saturated heterocycles. The first-order valence-electron chi connectivity index (χ1n) is 8.06. The maximum Gasteiger partial charge on any atom is 0.252 e. The van der Waals surface area contributed by atoms with Crippen LogP contribution in [0, 0.1) is 6.92 Å². The molecule has 0 aliphatic heterocycles. The number of nitrogens with zero attached hydrogens (tertiary/aromatic N) is 1. The lowest BCUT2D eigenvalue weighted by Gasteiger charge is -2.30. The van der Waals surface area contributed by atoms with Crippen molar-refractivity contribution in [2.75, 3.05) is 6.54 Å². The van der Waals surface area contributed by atoms with Crippen molar-refractivity contribution < 1.29 is 4.79 Å². The Kier molecular flexibility index (Phi) is 4.67. The molecule has 3 rings (SSSR count). The van der Waals surface area contributed by atoms with Gasteiger partial charge in [0.15, 0.2) is 0 Å². The molecule has 3 nitrogen and oxygen atoms in total. The van der Waals surface area contributed by atoms with Crippen LogP contribution in [-0.2, 0) is 5.41 Å². The summed E-state index contributed by atoms with van der Waals surface area (Å²) in [6.07, 6.45) is 6.23. The van der Waals surface area contributed by atoms with Gasteiger partial charge in [0.05, 0.1) is 5.56 Å². The molecule has 0 spiro atoms. The number of hydrogen-bond acceptors (Lipinski definition) is 2. The second-order valence-corrected chi connectivity index (χ2v) is 6.80. The van der Waals surface area contributed by atoms with Crippen molar-refractivity contribution in [3.8, 4) is 0 Å². The Bertz CT molecular complexity index is 674. The van der Waals surface area contributed by atoms with E-state index >= 15 is 0 Å². The molecule has 1 N–H and O–H groups in total. The quantitative estimate of drug-likeness (QED) is 0.910. The van der Waals surface area contributed by atoms with Crippen molar-refractivity contribution in [2.24, 2.45) is 0 Å². The minimum atomic E-state index is -0.0576. The normalized spacial score (nSPS) is 16.3. The molecule has 1 aliphatic rings. The monoisotopic (exact) mass is 328 g/mol. The van der Waals surface area contributed by atoms with Crippen LogP contribution < -0.4 is 5.32 Å². The summed E-state index contributed by atoms with van der Waals surface area (Å²) in [5.41, 5.74) is 2.81. The van der Waals surface area contributed by atoms with Gasteiger partial charge in [0.25, 0.3) is 5.91 Å². The molecular formula is C19H21ClN2O. The van der Waals surface area contributed by atoms with E-state index in [1.807, 2.05) is 31.2 Å². The van der Waals surface area contributed by atoms with Gasteiger partial charge in [0.2, 0.25) is 0 Å². The molecule has 1 amide bonds. The number of aromatic nitrogens is 1. The molecule has 1 heterocycles. The SMILES string of the molecule is Cc1ccc(C(=O)NCC2(c3ccc(Cl)cc3)CCCC2)cn1. The fraction of sp³-hybridized carbons (Fsp3) is 0.368. The standard InChI is InChI=1S/C19H21ClN2O/c1-14-4-5-15(12-21-14)18(23)22-13-19(10-2-3-11-19)16-6-8-17(20)9-7-16/h4-9,12H,2-3,10-11,13H2,1H3,(H,22,23). The number of pyridine rings is 1. The van der Waals surface area contributed by atoms with Gasteiger partial charge in [-0.3, -0.25) is 9.78 Å². The van der Waals surface area contributed by atoms with Crippen molar-refractivity contribution in [1.82, 2.24) is 10.3 Å². The van der Waals surface area contributed by atoms with Crippen LogP contribution in [0.1, 0.15) is 47.3 Å². The molecule has 2 aromatic rings. The predicted octanol–water partition coefficient (Wildman–Crippen LogP) is 4.29. The number of amides is 1. The highest BCUT2D eigenvalue weighted by Crippen LogP contribution is 2.40. The van der Waals surface area contributed by atoms with E-state index in [9.17, 15) is 4.79 Å². The third kappa shape index (κ3) is 3.56. The average molecular weight is 329 g/mol. The van der Waals surface area contributed by atoms with E-state index in [2.05, 4.69) is 22.4 Å². The minimum Gasteiger partial charge on any atom is -0.351 e. The highest BCUT2D eigenvalue weighted by Gasteiger charge is 2.35. The molecule has 0 radical (unpaired) electrons. The van der Waals surface area contributed by atoms with Gasteiger partial charge in [-0.15, -0.1) is 0 Å². The number of carbonyl (C=O) groups excluding carboxylic acids is 1. The molecule has 23 heavy (non-hydrogen) atoms. The van der Waals surface area contributed by atoms with Crippen LogP contribution in [0.5, 0.6) is 0 Å². The molecule has 1 saturated carbocycles. The summed E-state index contributed by atoms with van der Waals surface area (Å²) in [6.45, 7) is 2.57. The first-order chi connectivity index (χ1) is 11.1. The zero-order chi connectivity index (χ0) is 16.3. The van der Waals surface area contributed by atoms with Gasteiger partial charge in [-0.2, -0.15) is 0 Å². The van der Waals surface area contributed by atoms with E-state index in [0.29, 0.717) is 12.1 Å². The Morgan fingerprint density at radius 2 is 1.87 bits per heavy atom. The summed E-state index contributed by atoms with van der Waals surface area (Å²) in [5.74, 6) is -0.0576. The van der Waals surface area contributed by atoms with Gasteiger partial charge in [0.1, 0.15) is 0 Å². The van der Waals surface area contributed by atoms with Gasteiger partial charge in [-0.1, -0.05) is 36.6 Å². The maximum absolute atomic E-state index is 12.4. The van der Waals surface area contributed by atoms with Crippen LogP contribution in [0.4, 0.5) is 0 Å². The third-order valence-electron chi connectivity index (χ3n) is 4.78. The van der Waals surface area contributed by atoms with E-state index in [0.717, 1.165) is 23.6 Å². The molecule has 4 heteroatoms. The number of halogens is 1. The molecule has 1 aliphatic carbocycles. The second kappa shape index (κ2) is 6.71. The van der Waals surface area contributed by atoms with Gasteiger partial charge in [-0.25, -0.2) is 0 Å². The van der Waals surface area contributed by atoms with Crippen LogP contribution in [0.3, 0.4) is 0 Å². The summed E-state index contributed by atoms with van der Waals surface area (Å²) in [5, 5.41) is 3.85. The van der Waals surface area contributed by atoms with Crippen molar-refractivity contribution in [2.45, 2.75) is 38.0 Å². The Hall–Kier alpha value is -1.87. The average Bonchev–Trinajstić information content (AvgIpc) is 3.04. The maximum atomic E-state index is 12.4. The molecular weight excluding hydrogens is 308 g/mol. The first-order valence-corrected chi connectivity index (χ1v) is 8.44. The molecule has 0 atom stereocenters.